The van der Waals surface area contributed by atoms with Crippen molar-refractivity contribution in [3.05, 3.63) is 0 Å². The van der Waals surface area contributed by atoms with Crippen LogP contribution in [0.2, 0.25) is 0 Å². The summed E-state index contributed by atoms with van der Waals surface area (Å²) in [7, 11) is -3.67. The number of hydrogen-bond acceptors (Lipinski definition) is 4. The van der Waals surface area contributed by atoms with Crippen LogP contribution in [0.3, 0.4) is 0 Å². The van der Waals surface area contributed by atoms with Gasteiger partial charge in [0.25, 0.3) is 0 Å². The Hall–Kier alpha value is -1.11. The zero-order valence-corrected chi connectivity index (χ0v) is 10.5. The van der Waals surface area contributed by atoms with E-state index in [0.29, 0.717) is 12.5 Å². The second-order valence-corrected chi connectivity index (χ2v) is 6.88. The van der Waals surface area contributed by atoms with Crippen molar-refractivity contribution in [2.45, 2.75) is 31.4 Å². The van der Waals surface area contributed by atoms with Gasteiger partial charge in [-0.3, -0.25) is 9.59 Å². The fourth-order valence-electron chi connectivity index (χ4n) is 1.33. The molecule has 1 fully saturated rings. The molecular formula is C10H17NO5S. The van der Waals surface area contributed by atoms with Crippen LogP contribution < -0.4 is 5.32 Å². The zero-order valence-electron chi connectivity index (χ0n) is 9.68. The number of aliphatic carboxylic acids is 1. The Bertz CT molecular complexity index is 399. The minimum Gasteiger partial charge on any atom is -0.481 e. The number of amides is 1. The van der Waals surface area contributed by atoms with E-state index in [1.807, 2.05) is 0 Å². The first-order chi connectivity index (χ1) is 7.81. The van der Waals surface area contributed by atoms with Gasteiger partial charge in [-0.05, 0) is 25.7 Å². The summed E-state index contributed by atoms with van der Waals surface area (Å²) in [6.07, 6.45) is 1.67. The van der Waals surface area contributed by atoms with E-state index >= 15 is 0 Å². The fourth-order valence-corrected chi connectivity index (χ4v) is 2.48. The van der Waals surface area contributed by atoms with Crippen molar-refractivity contribution < 1.29 is 23.1 Å². The van der Waals surface area contributed by atoms with Gasteiger partial charge in [-0.25, -0.2) is 8.42 Å². The molecule has 17 heavy (non-hydrogen) atoms. The molecule has 0 radical (unpaired) electrons. The maximum atomic E-state index is 11.6. The Kier molecular flexibility index (Phi) is 4.50. The number of sulfone groups is 1. The number of carboxylic acids is 1. The standard InChI is InChI=1S/C10H17NO5S/c1-7(4-10(13)14)17(15,16)6-9(12)11-5-8-2-3-8/h7-8H,2-6H2,1H3,(H,11,12)(H,13,14). The minimum atomic E-state index is -3.67. The van der Waals surface area contributed by atoms with Crippen molar-refractivity contribution >= 4 is 21.7 Å². The molecule has 1 amide bonds. The second kappa shape index (κ2) is 5.48. The van der Waals surface area contributed by atoms with Crippen molar-refractivity contribution in [3.63, 3.8) is 0 Å². The Balaban J connectivity index is 2.40. The molecule has 2 N–H and O–H groups in total. The highest BCUT2D eigenvalue weighted by Gasteiger charge is 2.27. The lowest BCUT2D eigenvalue weighted by atomic mass is 10.3. The Morgan fingerprint density at radius 2 is 2.00 bits per heavy atom. The SMILES string of the molecule is CC(CC(=O)O)S(=O)(=O)CC(=O)NCC1CC1. The lowest BCUT2D eigenvalue weighted by Crippen LogP contribution is -2.35. The van der Waals surface area contributed by atoms with Crippen LogP contribution in [-0.2, 0) is 19.4 Å². The van der Waals surface area contributed by atoms with Gasteiger partial charge in [-0.15, -0.1) is 0 Å². The molecule has 0 bridgehead atoms. The zero-order chi connectivity index (χ0) is 13.1. The smallest absolute Gasteiger partial charge is 0.304 e. The second-order valence-electron chi connectivity index (χ2n) is 4.46. The van der Waals surface area contributed by atoms with Gasteiger partial charge in [0.1, 0.15) is 5.75 Å². The maximum Gasteiger partial charge on any atom is 0.304 e. The fraction of sp³-hybridized carbons (Fsp3) is 0.800. The summed E-state index contributed by atoms with van der Waals surface area (Å²) in [5.41, 5.74) is 0. The molecule has 0 aromatic rings. The van der Waals surface area contributed by atoms with E-state index in [1.165, 1.54) is 6.92 Å². The van der Waals surface area contributed by atoms with E-state index in [4.69, 9.17) is 5.11 Å². The van der Waals surface area contributed by atoms with Crippen LogP contribution in [-0.4, -0.2) is 42.9 Å². The van der Waals surface area contributed by atoms with Gasteiger partial charge >= 0.3 is 5.97 Å². The van der Waals surface area contributed by atoms with Gasteiger partial charge in [0.2, 0.25) is 5.91 Å². The topological polar surface area (TPSA) is 101 Å². The average molecular weight is 263 g/mol. The maximum absolute atomic E-state index is 11.6. The molecule has 0 aromatic heterocycles. The van der Waals surface area contributed by atoms with Crippen molar-refractivity contribution in [2.75, 3.05) is 12.3 Å². The molecule has 0 saturated heterocycles. The molecule has 1 aliphatic carbocycles. The summed E-state index contributed by atoms with van der Waals surface area (Å²) in [5, 5.41) is 10.0. The number of carbonyl (C=O) groups is 2. The first-order valence-electron chi connectivity index (χ1n) is 5.51. The molecule has 0 heterocycles. The Labute approximate surface area is 100 Å². The van der Waals surface area contributed by atoms with E-state index in [-0.39, 0.29) is 0 Å². The van der Waals surface area contributed by atoms with E-state index in [2.05, 4.69) is 5.32 Å². The summed E-state index contributed by atoms with van der Waals surface area (Å²) < 4.78 is 23.2. The molecule has 7 heteroatoms. The quantitative estimate of drug-likeness (QED) is 0.662. The highest BCUT2D eigenvalue weighted by Crippen LogP contribution is 2.27. The summed E-state index contributed by atoms with van der Waals surface area (Å²) in [6, 6.07) is 0. The Morgan fingerprint density at radius 3 is 2.47 bits per heavy atom. The molecule has 1 aliphatic rings. The molecule has 1 saturated carbocycles. The van der Waals surface area contributed by atoms with Crippen molar-refractivity contribution in [2.24, 2.45) is 5.92 Å². The lowest BCUT2D eigenvalue weighted by Gasteiger charge is -2.10. The monoisotopic (exact) mass is 263 g/mol. The van der Waals surface area contributed by atoms with Crippen LogP contribution in [0.25, 0.3) is 0 Å². The van der Waals surface area contributed by atoms with Gasteiger partial charge in [0.15, 0.2) is 9.84 Å². The van der Waals surface area contributed by atoms with Gasteiger partial charge in [-0.2, -0.15) is 0 Å². The van der Waals surface area contributed by atoms with Crippen molar-refractivity contribution in [1.29, 1.82) is 0 Å². The van der Waals surface area contributed by atoms with Crippen molar-refractivity contribution in [1.82, 2.24) is 5.32 Å². The molecular weight excluding hydrogens is 246 g/mol. The van der Waals surface area contributed by atoms with E-state index < -0.39 is 39.1 Å². The minimum absolute atomic E-state index is 0.474. The summed E-state index contributed by atoms with van der Waals surface area (Å²) in [5.74, 6) is -1.87. The molecule has 6 nitrogen and oxygen atoms in total. The first kappa shape index (κ1) is 14.0. The van der Waals surface area contributed by atoms with E-state index in [9.17, 15) is 18.0 Å². The summed E-state index contributed by atoms with van der Waals surface area (Å²) in [6.45, 7) is 1.82. The van der Waals surface area contributed by atoms with Crippen LogP contribution in [0.5, 0.6) is 0 Å². The third-order valence-corrected chi connectivity index (χ3v) is 4.75. The van der Waals surface area contributed by atoms with Gasteiger partial charge < -0.3 is 10.4 Å². The molecule has 0 aliphatic heterocycles. The number of nitrogens with one attached hydrogen (secondary N) is 1. The number of carboxylic acid groups (broad SMARTS) is 1. The van der Waals surface area contributed by atoms with E-state index in [1.54, 1.807) is 0 Å². The van der Waals surface area contributed by atoms with Gasteiger partial charge in [0, 0.05) is 6.54 Å². The van der Waals surface area contributed by atoms with Crippen LogP contribution in [0.1, 0.15) is 26.2 Å². The van der Waals surface area contributed by atoms with Crippen LogP contribution in [0.4, 0.5) is 0 Å². The highest BCUT2D eigenvalue weighted by atomic mass is 32.2. The van der Waals surface area contributed by atoms with Crippen LogP contribution >= 0.6 is 0 Å². The van der Waals surface area contributed by atoms with Crippen LogP contribution in [0, 0.1) is 5.92 Å². The number of hydrogen-bond donors (Lipinski definition) is 2. The predicted octanol–water partition coefficient (Wildman–Crippen LogP) is -0.209. The van der Waals surface area contributed by atoms with E-state index in [0.717, 1.165) is 12.8 Å². The third-order valence-electron chi connectivity index (χ3n) is 2.69. The molecule has 0 spiro atoms. The number of rotatable bonds is 7. The molecule has 1 atom stereocenters. The molecule has 1 unspecified atom stereocenters. The highest BCUT2D eigenvalue weighted by molar-refractivity contribution is 7.92. The van der Waals surface area contributed by atoms with Gasteiger partial charge in [0.05, 0.1) is 11.7 Å². The van der Waals surface area contributed by atoms with Crippen LogP contribution in [0.15, 0.2) is 0 Å². The van der Waals surface area contributed by atoms with Crippen molar-refractivity contribution in [3.8, 4) is 0 Å². The summed E-state index contributed by atoms with van der Waals surface area (Å²) >= 11 is 0. The Morgan fingerprint density at radius 1 is 1.41 bits per heavy atom. The normalized spacial score (nSPS) is 17.5. The predicted molar refractivity (Wildman–Crippen MR) is 61.2 cm³/mol. The average Bonchev–Trinajstić information content (AvgIpc) is 2.96. The molecule has 1 rings (SSSR count). The number of carbonyl (C=O) groups excluding carboxylic acids is 1. The molecule has 0 aromatic carbocycles. The largest absolute Gasteiger partial charge is 0.481 e. The lowest BCUT2D eigenvalue weighted by molar-refractivity contribution is -0.137. The summed E-state index contributed by atoms with van der Waals surface area (Å²) in [4.78, 5) is 21.7. The van der Waals surface area contributed by atoms with Gasteiger partial charge in [-0.1, -0.05) is 0 Å². The molecule has 98 valence electrons. The first-order valence-corrected chi connectivity index (χ1v) is 7.23. The third kappa shape index (κ3) is 5.16.